The quantitative estimate of drug-likeness (QED) is 0.392. The number of nitrogens with zero attached hydrogens (tertiary/aromatic N) is 2. The molecule has 1 aliphatic heterocycles. The van der Waals surface area contributed by atoms with E-state index in [1.165, 1.54) is 38.5 Å². The highest BCUT2D eigenvalue weighted by molar-refractivity contribution is 8.18. The molecule has 2 aromatic carbocycles. The third kappa shape index (κ3) is 4.83. The third-order valence-electron chi connectivity index (χ3n) is 4.25. The number of hydrogen-bond acceptors (Lipinski definition) is 8. The summed E-state index contributed by atoms with van der Waals surface area (Å²) in [6.45, 7) is -0.483. The Labute approximate surface area is 181 Å². The van der Waals surface area contributed by atoms with Gasteiger partial charge in [-0.15, -0.1) is 0 Å². The topological polar surface area (TPSA) is 128 Å². The van der Waals surface area contributed by atoms with E-state index in [0.717, 1.165) is 4.90 Å². The number of carbonyl (C=O) groups is 3. The minimum Gasteiger partial charge on any atom is -0.495 e. The number of hydrogen-bond donors (Lipinski definition) is 1. The van der Waals surface area contributed by atoms with Crippen molar-refractivity contribution >= 4 is 46.3 Å². The molecule has 3 amide bonds. The summed E-state index contributed by atoms with van der Waals surface area (Å²) in [4.78, 5) is 48.7. The number of amides is 3. The Kier molecular flexibility index (Phi) is 6.55. The standard InChI is InChI=1S/C20H17N3O7S/c1-29-15-6-4-3-5-13(15)21-18(24)11-22-19(25)17(31-20(22)26)10-12-7-8-16(30-2)14(9-12)23(27)28/h3-10H,11H2,1-2H3,(H,21,24)/b17-10+. The molecule has 1 saturated heterocycles. The number of thioether (sulfide) groups is 1. The van der Waals surface area contributed by atoms with Gasteiger partial charge in [-0.25, -0.2) is 0 Å². The molecule has 0 aliphatic carbocycles. The second-order valence-electron chi connectivity index (χ2n) is 6.20. The first-order valence-electron chi connectivity index (χ1n) is 8.84. The Morgan fingerprint density at radius 3 is 2.55 bits per heavy atom. The second-order valence-corrected chi connectivity index (χ2v) is 7.20. The van der Waals surface area contributed by atoms with Gasteiger partial charge in [-0.3, -0.25) is 29.4 Å². The van der Waals surface area contributed by atoms with Gasteiger partial charge in [-0.2, -0.15) is 0 Å². The van der Waals surface area contributed by atoms with Crippen molar-refractivity contribution in [2.24, 2.45) is 0 Å². The molecule has 10 nitrogen and oxygen atoms in total. The average Bonchev–Trinajstić information content (AvgIpc) is 3.01. The number of carbonyl (C=O) groups excluding carboxylic acids is 3. The first-order valence-corrected chi connectivity index (χ1v) is 9.66. The Bertz CT molecular complexity index is 1100. The van der Waals surface area contributed by atoms with Crippen LogP contribution in [0.25, 0.3) is 6.08 Å². The van der Waals surface area contributed by atoms with E-state index in [0.29, 0.717) is 28.8 Å². The molecule has 3 rings (SSSR count). The number of rotatable bonds is 7. The zero-order valence-corrected chi connectivity index (χ0v) is 17.3. The van der Waals surface area contributed by atoms with Crippen LogP contribution in [0.5, 0.6) is 11.5 Å². The molecule has 0 unspecified atom stereocenters. The number of nitrogens with one attached hydrogen (secondary N) is 1. The smallest absolute Gasteiger partial charge is 0.311 e. The predicted molar refractivity (Wildman–Crippen MR) is 114 cm³/mol. The van der Waals surface area contributed by atoms with Crippen molar-refractivity contribution in [2.75, 3.05) is 26.1 Å². The summed E-state index contributed by atoms with van der Waals surface area (Å²) in [5.74, 6) is -0.731. The third-order valence-corrected chi connectivity index (χ3v) is 5.16. The number of benzene rings is 2. The van der Waals surface area contributed by atoms with Gasteiger partial charge in [0.1, 0.15) is 12.3 Å². The van der Waals surface area contributed by atoms with Crippen molar-refractivity contribution in [3.8, 4) is 11.5 Å². The van der Waals surface area contributed by atoms with Gasteiger partial charge in [0.2, 0.25) is 5.91 Å². The van der Waals surface area contributed by atoms with Crippen LogP contribution in [0, 0.1) is 10.1 Å². The van der Waals surface area contributed by atoms with E-state index in [9.17, 15) is 24.5 Å². The fourth-order valence-electron chi connectivity index (χ4n) is 2.81. The van der Waals surface area contributed by atoms with E-state index in [-0.39, 0.29) is 16.3 Å². The minimum atomic E-state index is -0.663. The molecule has 2 aromatic rings. The highest BCUT2D eigenvalue weighted by Gasteiger charge is 2.36. The maximum atomic E-state index is 12.6. The Balaban J connectivity index is 1.75. The lowest BCUT2D eigenvalue weighted by atomic mass is 10.1. The van der Waals surface area contributed by atoms with E-state index in [1.54, 1.807) is 24.3 Å². The lowest BCUT2D eigenvalue weighted by molar-refractivity contribution is -0.385. The van der Waals surface area contributed by atoms with Gasteiger partial charge < -0.3 is 14.8 Å². The normalized spacial score (nSPS) is 14.6. The summed E-state index contributed by atoms with van der Waals surface area (Å²) >= 11 is 0.650. The number of imide groups is 1. The predicted octanol–water partition coefficient (Wildman–Crippen LogP) is 3.29. The molecule has 11 heteroatoms. The van der Waals surface area contributed by atoms with Crippen LogP contribution in [-0.4, -0.2) is 47.6 Å². The van der Waals surface area contributed by atoms with E-state index < -0.39 is 28.5 Å². The van der Waals surface area contributed by atoms with Crippen molar-refractivity contribution in [1.82, 2.24) is 4.90 Å². The molecule has 0 atom stereocenters. The van der Waals surface area contributed by atoms with Crippen molar-refractivity contribution in [2.45, 2.75) is 0 Å². The molecule has 0 aromatic heterocycles. The highest BCUT2D eigenvalue weighted by Crippen LogP contribution is 2.34. The van der Waals surface area contributed by atoms with Crippen LogP contribution in [0.15, 0.2) is 47.4 Å². The molecule has 0 radical (unpaired) electrons. The van der Waals surface area contributed by atoms with Gasteiger partial charge in [0.15, 0.2) is 5.75 Å². The van der Waals surface area contributed by atoms with Crippen LogP contribution in [-0.2, 0) is 9.59 Å². The Hall–Kier alpha value is -3.86. The fourth-order valence-corrected chi connectivity index (χ4v) is 3.65. The zero-order valence-electron chi connectivity index (χ0n) is 16.5. The van der Waals surface area contributed by atoms with E-state index in [4.69, 9.17) is 9.47 Å². The van der Waals surface area contributed by atoms with Gasteiger partial charge in [0, 0.05) is 6.07 Å². The monoisotopic (exact) mass is 443 g/mol. The molecule has 0 spiro atoms. The van der Waals surface area contributed by atoms with Crippen LogP contribution in [0.3, 0.4) is 0 Å². The first kappa shape index (κ1) is 21.8. The van der Waals surface area contributed by atoms with Crippen molar-refractivity contribution in [3.05, 3.63) is 63.0 Å². The molecule has 1 N–H and O–H groups in total. The van der Waals surface area contributed by atoms with Crippen molar-refractivity contribution in [3.63, 3.8) is 0 Å². The molecular weight excluding hydrogens is 426 g/mol. The van der Waals surface area contributed by atoms with E-state index in [2.05, 4.69) is 5.32 Å². The molecule has 31 heavy (non-hydrogen) atoms. The van der Waals surface area contributed by atoms with Crippen LogP contribution >= 0.6 is 11.8 Å². The van der Waals surface area contributed by atoms with Crippen LogP contribution in [0.2, 0.25) is 0 Å². The highest BCUT2D eigenvalue weighted by atomic mass is 32.2. The Morgan fingerprint density at radius 2 is 1.87 bits per heavy atom. The SMILES string of the molecule is COc1ccccc1NC(=O)CN1C(=O)S/C(=C/c2ccc(OC)c([N+](=O)[O-])c2)C1=O. The van der Waals surface area contributed by atoms with Crippen LogP contribution in [0.4, 0.5) is 16.2 Å². The van der Waals surface area contributed by atoms with Crippen LogP contribution in [0.1, 0.15) is 5.56 Å². The molecule has 0 bridgehead atoms. The van der Waals surface area contributed by atoms with Crippen molar-refractivity contribution < 1.29 is 28.8 Å². The van der Waals surface area contributed by atoms with Gasteiger partial charge in [-0.05, 0) is 41.6 Å². The summed E-state index contributed by atoms with van der Waals surface area (Å²) in [6, 6.07) is 10.9. The number of nitro groups is 1. The largest absolute Gasteiger partial charge is 0.495 e. The fraction of sp³-hybridized carbons (Fsp3) is 0.150. The molecule has 1 aliphatic rings. The van der Waals surface area contributed by atoms with E-state index in [1.807, 2.05) is 0 Å². The maximum absolute atomic E-state index is 12.6. The minimum absolute atomic E-state index is 0.0505. The molecule has 1 fully saturated rings. The first-order chi connectivity index (χ1) is 14.8. The number of ether oxygens (including phenoxy) is 2. The number of para-hydroxylation sites is 2. The zero-order chi connectivity index (χ0) is 22.5. The number of anilines is 1. The summed E-state index contributed by atoms with van der Waals surface area (Å²) in [6.07, 6.45) is 1.36. The summed E-state index contributed by atoms with van der Waals surface area (Å²) < 4.78 is 10.1. The number of methoxy groups -OCH3 is 2. The second kappa shape index (κ2) is 9.30. The van der Waals surface area contributed by atoms with Gasteiger partial charge in [0.05, 0.1) is 29.7 Å². The lowest BCUT2D eigenvalue weighted by Gasteiger charge is -2.14. The molecular formula is C20H17N3O7S. The average molecular weight is 443 g/mol. The van der Waals surface area contributed by atoms with Crippen LogP contribution < -0.4 is 14.8 Å². The summed E-state index contributed by atoms with van der Waals surface area (Å²) in [5, 5.41) is 13.2. The summed E-state index contributed by atoms with van der Waals surface area (Å²) in [5.41, 5.74) is 0.478. The van der Waals surface area contributed by atoms with E-state index >= 15 is 0 Å². The Morgan fingerprint density at radius 1 is 1.16 bits per heavy atom. The molecule has 1 heterocycles. The lowest BCUT2D eigenvalue weighted by Crippen LogP contribution is -2.36. The van der Waals surface area contributed by atoms with Gasteiger partial charge in [-0.1, -0.05) is 18.2 Å². The molecule has 0 saturated carbocycles. The summed E-state index contributed by atoms with van der Waals surface area (Å²) in [7, 11) is 2.76. The maximum Gasteiger partial charge on any atom is 0.311 e. The number of nitro benzene ring substituents is 1. The van der Waals surface area contributed by atoms with Gasteiger partial charge >= 0.3 is 5.69 Å². The molecule has 160 valence electrons. The van der Waals surface area contributed by atoms with Crippen molar-refractivity contribution in [1.29, 1.82) is 0 Å². The van der Waals surface area contributed by atoms with Gasteiger partial charge in [0.25, 0.3) is 11.1 Å².